The minimum absolute atomic E-state index is 0.913. The summed E-state index contributed by atoms with van der Waals surface area (Å²) in [4.78, 5) is 6.68. The lowest BCUT2D eigenvalue weighted by Crippen LogP contribution is -2.08. The molecule has 0 aliphatic heterocycles. The van der Waals surface area contributed by atoms with Gasteiger partial charge in [-0.05, 0) is 42.5 Å². The highest BCUT2D eigenvalue weighted by Crippen LogP contribution is 2.30. The molecule has 3 aromatic rings. The molecule has 0 aliphatic rings. The maximum absolute atomic E-state index is 4.59. The van der Waals surface area contributed by atoms with Crippen LogP contribution in [0.15, 0.2) is 46.9 Å². The Morgan fingerprint density at radius 1 is 1.10 bits per heavy atom. The van der Waals surface area contributed by atoms with Gasteiger partial charge in [-0.3, -0.25) is 0 Å². The SMILES string of the molecule is CN(C)c1ccc(Nc2nc3cc(Br)ccc3s2)cc1. The molecule has 0 fully saturated rings. The molecule has 3 rings (SSSR count). The fourth-order valence-electron chi connectivity index (χ4n) is 1.92. The van der Waals surface area contributed by atoms with Crippen molar-refractivity contribution < 1.29 is 0 Å². The van der Waals surface area contributed by atoms with E-state index in [9.17, 15) is 0 Å². The van der Waals surface area contributed by atoms with Gasteiger partial charge in [-0.1, -0.05) is 27.3 Å². The van der Waals surface area contributed by atoms with E-state index in [0.29, 0.717) is 0 Å². The van der Waals surface area contributed by atoms with Gasteiger partial charge in [-0.25, -0.2) is 4.98 Å². The van der Waals surface area contributed by atoms with Crippen LogP contribution in [0.4, 0.5) is 16.5 Å². The zero-order chi connectivity index (χ0) is 14.1. The number of hydrogen-bond donors (Lipinski definition) is 1. The molecule has 1 heterocycles. The Kier molecular flexibility index (Phi) is 3.63. The van der Waals surface area contributed by atoms with Crippen LogP contribution in [0, 0.1) is 0 Å². The van der Waals surface area contributed by atoms with Crippen LogP contribution >= 0.6 is 27.3 Å². The minimum Gasteiger partial charge on any atom is -0.378 e. The van der Waals surface area contributed by atoms with Crippen LogP contribution < -0.4 is 10.2 Å². The summed E-state index contributed by atoms with van der Waals surface area (Å²) in [5, 5.41) is 4.27. The van der Waals surface area contributed by atoms with Gasteiger partial charge in [0.05, 0.1) is 10.2 Å². The average Bonchev–Trinajstić information content (AvgIpc) is 2.80. The molecule has 0 saturated carbocycles. The van der Waals surface area contributed by atoms with Crippen molar-refractivity contribution in [2.45, 2.75) is 0 Å². The maximum atomic E-state index is 4.59. The molecule has 1 aromatic heterocycles. The number of halogens is 1. The second-order valence-electron chi connectivity index (χ2n) is 4.70. The molecule has 20 heavy (non-hydrogen) atoms. The third kappa shape index (κ3) is 2.78. The van der Waals surface area contributed by atoms with Crippen molar-refractivity contribution in [1.29, 1.82) is 0 Å². The Morgan fingerprint density at radius 2 is 1.85 bits per heavy atom. The number of aromatic nitrogens is 1. The Hall–Kier alpha value is -1.59. The predicted octanol–water partition coefficient (Wildman–Crippen LogP) is 4.87. The number of nitrogens with zero attached hydrogens (tertiary/aromatic N) is 2. The summed E-state index contributed by atoms with van der Waals surface area (Å²) in [6.45, 7) is 0. The summed E-state index contributed by atoms with van der Waals surface area (Å²) in [6.07, 6.45) is 0. The topological polar surface area (TPSA) is 28.2 Å². The van der Waals surface area contributed by atoms with Gasteiger partial charge in [0.2, 0.25) is 0 Å². The molecule has 0 bridgehead atoms. The first kappa shape index (κ1) is 13.4. The van der Waals surface area contributed by atoms with Gasteiger partial charge >= 0.3 is 0 Å². The van der Waals surface area contributed by atoms with Gasteiger partial charge in [0.15, 0.2) is 5.13 Å². The van der Waals surface area contributed by atoms with E-state index in [0.717, 1.165) is 20.8 Å². The van der Waals surface area contributed by atoms with E-state index in [1.807, 2.05) is 26.2 Å². The first-order valence-electron chi connectivity index (χ1n) is 6.22. The fourth-order valence-corrected chi connectivity index (χ4v) is 3.14. The minimum atomic E-state index is 0.913. The number of benzene rings is 2. The number of thiazole rings is 1. The van der Waals surface area contributed by atoms with Crippen LogP contribution in [0.5, 0.6) is 0 Å². The molecule has 0 amide bonds. The highest BCUT2D eigenvalue weighted by Gasteiger charge is 2.04. The van der Waals surface area contributed by atoms with Crippen molar-refractivity contribution in [1.82, 2.24) is 4.98 Å². The fraction of sp³-hybridized carbons (Fsp3) is 0.133. The number of hydrogen-bond acceptors (Lipinski definition) is 4. The molecule has 0 aliphatic carbocycles. The molecule has 0 saturated heterocycles. The Bertz CT molecular complexity index is 734. The molecule has 1 N–H and O–H groups in total. The maximum Gasteiger partial charge on any atom is 0.188 e. The second-order valence-corrected chi connectivity index (χ2v) is 6.64. The molecule has 3 nitrogen and oxygen atoms in total. The summed E-state index contributed by atoms with van der Waals surface area (Å²) in [5.74, 6) is 0. The van der Waals surface area contributed by atoms with Gasteiger partial charge in [0.25, 0.3) is 0 Å². The first-order valence-corrected chi connectivity index (χ1v) is 7.83. The van der Waals surface area contributed by atoms with Crippen LogP contribution in [0.1, 0.15) is 0 Å². The van der Waals surface area contributed by atoms with Gasteiger partial charge in [0.1, 0.15) is 0 Å². The van der Waals surface area contributed by atoms with E-state index in [1.54, 1.807) is 11.3 Å². The Morgan fingerprint density at radius 3 is 2.55 bits per heavy atom. The second kappa shape index (κ2) is 5.42. The normalized spacial score (nSPS) is 10.8. The average molecular weight is 348 g/mol. The van der Waals surface area contributed by atoms with E-state index in [-0.39, 0.29) is 0 Å². The molecule has 5 heteroatoms. The van der Waals surface area contributed by atoms with E-state index < -0.39 is 0 Å². The zero-order valence-electron chi connectivity index (χ0n) is 11.2. The molecular formula is C15H14BrN3S. The molecular weight excluding hydrogens is 334 g/mol. The van der Waals surface area contributed by atoms with E-state index >= 15 is 0 Å². The largest absolute Gasteiger partial charge is 0.378 e. The van der Waals surface area contributed by atoms with Gasteiger partial charge in [-0.15, -0.1) is 0 Å². The molecule has 0 spiro atoms. The van der Waals surface area contributed by atoms with Crippen molar-refractivity contribution in [2.75, 3.05) is 24.3 Å². The van der Waals surface area contributed by atoms with Crippen LogP contribution in [-0.2, 0) is 0 Å². The number of nitrogens with one attached hydrogen (secondary N) is 1. The lowest BCUT2D eigenvalue weighted by molar-refractivity contribution is 1.13. The standard InChI is InChI=1S/C15H14BrN3S/c1-19(2)12-6-4-11(5-7-12)17-15-18-13-9-10(16)3-8-14(13)20-15/h3-9H,1-2H3,(H,17,18). The predicted molar refractivity (Wildman–Crippen MR) is 91.4 cm³/mol. The van der Waals surface area contributed by atoms with E-state index in [2.05, 4.69) is 61.5 Å². The lowest BCUT2D eigenvalue weighted by atomic mass is 10.2. The smallest absolute Gasteiger partial charge is 0.188 e. The Balaban J connectivity index is 1.85. The van der Waals surface area contributed by atoms with E-state index in [4.69, 9.17) is 0 Å². The molecule has 0 unspecified atom stereocenters. The van der Waals surface area contributed by atoms with Crippen LogP contribution in [-0.4, -0.2) is 19.1 Å². The van der Waals surface area contributed by atoms with Crippen LogP contribution in [0.3, 0.4) is 0 Å². The zero-order valence-corrected chi connectivity index (χ0v) is 13.6. The van der Waals surface area contributed by atoms with Crippen molar-refractivity contribution >= 4 is 54.0 Å². The molecule has 102 valence electrons. The van der Waals surface area contributed by atoms with Crippen molar-refractivity contribution in [3.05, 3.63) is 46.9 Å². The number of fused-ring (bicyclic) bond motifs is 1. The third-order valence-electron chi connectivity index (χ3n) is 2.98. The molecule has 0 atom stereocenters. The summed E-state index contributed by atoms with van der Waals surface area (Å²) in [5.41, 5.74) is 3.24. The number of rotatable bonds is 3. The molecule has 0 radical (unpaired) electrons. The highest BCUT2D eigenvalue weighted by molar-refractivity contribution is 9.10. The van der Waals surface area contributed by atoms with Gasteiger partial charge < -0.3 is 10.2 Å². The molecule has 2 aromatic carbocycles. The van der Waals surface area contributed by atoms with E-state index in [1.165, 1.54) is 10.4 Å². The van der Waals surface area contributed by atoms with Crippen molar-refractivity contribution in [3.8, 4) is 0 Å². The van der Waals surface area contributed by atoms with Crippen molar-refractivity contribution in [2.24, 2.45) is 0 Å². The quantitative estimate of drug-likeness (QED) is 0.732. The summed E-state index contributed by atoms with van der Waals surface area (Å²) < 4.78 is 2.23. The summed E-state index contributed by atoms with van der Waals surface area (Å²) in [7, 11) is 4.07. The van der Waals surface area contributed by atoms with Gasteiger partial charge in [0, 0.05) is 29.9 Å². The Labute approximate surface area is 130 Å². The van der Waals surface area contributed by atoms with Crippen LogP contribution in [0.25, 0.3) is 10.2 Å². The highest BCUT2D eigenvalue weighted by atomic mass is 79.9. The monoisotopic (exact) mass is 347 g/mol. The first-order chi connectivity index (χ1) is 9.61. The third-order valence-corrected chi connectivity index (χ3v) is 4.43. The lowest BCUT2D eigenvalue weighted by Gasteiger charge is -2.12. The number of anilines is 3. The van der Waals surface area contributed by atoms with Gasteiger partial charge in [-0.2, -0.15) is 0 Å². The summed E-state index contributed by atoms with van der Waals surface area (Å²) in [6, 6.07) is 14.5. The van der Waals surface area contributed by atoms with Crippen LogP contribution in [0.2, 0.25) is 0 Å². The summed E-state index contributed by atoms with van der Waals surface area (Å²) >= 11 is 5.13. The van der Waals surface area contributed by atoms with Crippen molar-refractivity contribution in [3.63, 3.8) is 0 Å².